The summed E-state index contributed by atoms with van der Waals surface area (Å²) in [5.74, 6) is 6.56. The van der Waals surface area contributed by atoms with Crippen LogP contribution in [0.5, 0.6) is 5.75 Å². The van der Waals surface area contributed by atoms with Crippen LogP contribution in [0, 0.1) is 13.8 Å². The Labute approximate surface area is 123 Å². The van der Waals surface area contributed by atoms with Crippen molar-refractivity contribution in [1.29, 1.82) is 0 Å². The average Bonchev–Trinajstić information content (AvgIpc) is 2.45. The van der Waals surface area contributed by atoms with E-state index in [1.54, 1.807) is 19.4 Å². The van der Waals surface area contributed by atoms with Crippen LogP contribution in [0.4, 0.5) is 0 Å². The van der Waals surface area contributed by atoms with Crippen molar-refractivity contribution >= 4 is 11.6 Å². The SMILES string of the molecule is COc1c(C(NN)c2ccc(Cl)nc2)ccc(C)c1C. The van der Waals surface area contributed by atoms with E-state index >= 15 is 0 Å². The highest BCUT2D eigenvalue weighted by Crippen LogP contribution is 2.33. The van der Waals surface area contributed by atoms with Gasteiger partial charge >= 0.3 is 0 Å². The summed E-state index contributed by atoms with van der Waals surface area (Å²) in [6.07, 6.45) is 1.71. The van der Waals surface area contributed by atoms with E-state index in [1.165, 1.54) is 5.56 Å². The summed E-state index contributed by atoms with van der Waals surface area (Å²) >= 11 is 5.82. The van der Waals surface area contributed by atoms with Gasteiger partial charge in [-0.2, -0.15) is 0 Å². The van der Waals surface area contributed by atoms with Crippen molar-refractivity contribution in [3.8, 4) is 5.75 Å². The molecular weight excluding hydrogens is 274 g/mol. The Bertz CT molecular complexity index is 599. The zero-order chi connectivity index (χ0) is 14.7. The van der Waals surface area contributed by atoms with Gasteiger partial charge in [-0.1, -0.05) is 29.8 Å². The number of halogens is 1. The second kappa shape index (κ2) is 6.22. The van der Waals surface area contributed by atoms with Gasteiger partial charge < -0.3 is 4.74 Å². The molecular formula is C15H18ClN3O. The highest BCUT2D eigenvalue weighted by atomic mass is 35.5. The summed E-state index contributed by atoms with van der Waals surface area (Å²) in [5, 5.41) is 0.455. The fourth-order valence-corrected chi connectivity index (χ4v) is 2.34. The Morgan fingerprint density at radius 2 is 2.00 bits per heavy atom. The maximum Gasteiger partial charge on any atom is 0.129 e. The molecule has 20 heavy (non-hydrogen) atoms. The zero-order valence-electron chi connectivity index (χ0n) is 11.8. The van der Waals surface area contributed by atoms with Gasteiger partial charge in [-0.05, 0) is 36.6 Å². The molecule has 0 amide bonds. The van der Waals surface area contributed by atoms with Gasteiger partial charge in [0.2, 0.25) is 0 Å². The predicted molar refractivity (Wildman–Crippen MR) is 80.9 cm³/mol. The van der Waals surface area contributed by atoms with Crippen LogP contribution in [0.1, 0.15) is 28.3 Å². The standard InChI is InChI=1S/C15H18ClN3O/c1-9-4-6-12(15(20-3)10(9)2)14(19-17)11-5-7-13(16)18-8-11/h4-8,14,19H,17H2,1-3H3. The minimum absolute atomic E-state index is 0.200. The molecule has 0 fully saturated rings. The lowest BCUT2D eigenvalue weighted by atomic mass is 9.95. The average molecular weight is 292 g/mol. The molecule has 1 heterocycles. The molecule has 0 bridgehead atoms. The zero-order valence-corrected chi connectivity index (χ0v) is 12.5. The number of hydrogen-bond donors (Lipinski definition) is 2. The second-order valence-electron chi connectivity index (χ2n) is 4.64. The number of hydrazine groups is 1. The largest absolute Gasteiger partial charge is 0.496 e. The lowest BCUT2D eigenvalue weighted by Gasteiger charge is -2.21. The van der Waals surface area contributed by atoms with Crippen molar-refractivity contribution in [2.45, 2.75) is 19.9 Å². The molecule has 3 N–H and O–H groups in total. The van der Waals surface area contributed by atoms with Crippen LogP contribution in [0.3, 0.4) is 0 Å². The first-order valence-electron chi connectivity index (χ1n) is 6.30. The van der Waals surface area contributed by atoms with Crippen molar-refractivity contribution in [2.75, 3.05) is 7.11 Å². The van der Waals surface area contributed by atoms with Gasteiger partial charge in [-0.25, -0.2) is 10.4 Å². The fraction of sp³-hybridized carbons (Fsp3) is 0.267. The predicted octanol–water partition coefficient (Wildman–Crippen LogP) is 2.91. The van der Waals surface area contributed by atoms with E-state index in [9.17, 15) is 0 Å². The Kier molecular flexibility index (Phi) is 4.60. The molecule has 2 aromatic rings. The van der Waals surface area contributed by atoms with Crippen molar-refractivity contribution < 1.29 is 4.74 Å². The van der Waals surface area contributed by atoms with Crippen molar-refractivity contribution in [3.63, 3.8) is 0 Å². The first-order valence-corrected chi connectivity index (χ1v) is 6.68. The van der Waals surface area contributed by atoms with Crippen molar-refractivity contribution in [3.05, 3.63) is 57.9 Å². The van der Waals surface area contributed by atoms with Gasteiger partial charge in [-0.3, -0.25) is 5.84 Å². The third-order valence-corrected chi connectivity index (χ3v) is 3.70. The number of aryl methyl sites for hydroxylation is 1. The van der Waals surface area contributed by atoms with Gasteiger partial charge in [0.05, 0.1) is 13.2 Å². The molecule has 0 aliphatic carbocycles. The smallest absolute Gasteiger partial charge is 0.129 e. The highest BCUT2D eigenvalue weighted by molar-refractivity contribution is 6.29. The maximum atomic E-state index is 5.82. The summed E-state index contributed by atoms with van der Waals surface area (Å²) < 4.78 is 5.54. The van der Waals surface area contributed by atoms with E-state index in [0.717, 1.165) is 22.4 Å². The molecule has 0 aliphatic heterocycles. The number of rotatable bonds is 4. The van der Waals surface area contributed by atoms with Crippen LogP contribution in [0.2, 0.25) is 5.15 Å². The molecule has 1 aromatic carbocycles. The van der Waals surface area contributed by atoms with Crippen LogP contribution in [0.25, 0.3) is 0 Å². The lowest BCUT2D eigenvalue weighted by molar-refractivity contribution is 0.400. The van der Waals surface area contributed by atoms with Gasteiger partial charge in [0.25, 0.3) is 0 Å². The van der Waals surface area contributed by atoms with E-state index in [0.29, 0.717) is 5.15 Å². The van der Waals surface area contributed by atoms with Gasteiger partial charge in [-0.15, -0.1) is 0 Å². The van der Waals surface area contributed by atoms with Gasteiger partial charge in [0, 0.05) is 11.8 Å². The van der Waals surface area contributed by atoms with Crippen LogP contribution < -0.4 is 16.0 Å². The summed E-state index contributed by atoms with van der Waals surface area (Å²) in [6.45, 7) is 4.09. The number of hydrogen-bond acceptors (Lipinski definition) is 4. The highest BCUT2D eigenvalue weighted by Gasteiger charge is 2.19. The maximum absolute atomic E-state index is 5.82. The number of nitrogens with zero attached hydrogens (tertiary/aromatic N) is 1. The minimum Gasteiger partial charge on any atom is -0.496 e. The Balaban J connectivity index is 2.52. The molecule has 0 saturated heterocycles. The normalized spacial score (nSPS) is 12.2. The Morgan fingerprint density at radius 1 is 1.25 bits per heavy atom. The first-order chi connectivity index (χ1) is 9.58. The van der Waals surface area contributed by atoms with E-state index in [1.807, 2.05) is 19.1 Å². The molecule has 1 atom stereocenters. The molecule has 1 unspecified atom stereocenters. The first kappa shape index (κ1) is 14.8. The number of nitrogens with one attached hydrogen (secondary N) is 1. The van der Waals surface area contributed by atoms with E-state index in [-0.39, 0.29) is 6.04 Å². The second-order valence-corrected chi connectivity index (χ2v) is 5.03. The van der Waals surface area contributed by atoms with E-state index in [4.69, 9.17) is 22.2 Å². The minimum atomic E-state index is -0.200. The van der Waals surface area contributed by atoms with Crippen LogP contribution in [-0.4, -0.2) is 12.1 Å². The van der Waals surface area contributed by atoms with Crippen LogP contribution in [-0.2, 0) is 0 Å². The summed E-state index contributed by atoms with van der Waals surface area (Å²) in [4.78, 5) is 4.10. The third kappa shape index (κ3) is 2.77. The molecule has 5 heteroatoms. The lowest BCUT2D eigenvalue weighted by Crippen LogP contribution is -2.29. The van der Waals surface area contributed by atoms with Crippen LogP contribution >= 0.6 is 11.6 Å². The third-order valence-electron chi connectivity index (χ3n) is 3.47. The number of pyridine rings is 1. The van der Waals surface area contributed by atoms with Crippen molar-refractivity contribution in [1.82, 2.24) is 10.4 Å². The number of aromatic nitrogens is 1. The van der Waals surface area contributed by atoms with Gasteiger partial charge in [0.15, 0.2) is 0 Å². The summed E-state index contributed by atoms with van der Waals surface area (Å²) in [5.41, 5.74) is 7.00. The molecule has 4 nitrogen and oxygen atoms in total. The molecule has 0 aliphatic rings. The van der Waals surface area contributed by atoms with E-state index < -0.39 is 0 Å². The fourth-order valence-electron chi connectivity index (χ4n) is 2.23. The quantitative estimate of drug-likeness (QED) is 0.516. The molecule has 106 valence electrons. The Hall–Kier alpha value is -1.62. The van der Waals surface area contributed by atoms with Crippen LogP contribution in [0.15, 0.2) is 30.5 Å². The number of nitrogens with two attached hydrogens (primary N) is 1. The molecule has 0 saturated carbocycles. The number of benzene rings is 1. The molecule has 1 aromatic heterocycles. The van der Waals surface area contributed by atoms with Gasteiger partial charge in [0.1, 0.15) is 10.9 Å². The number of ether oxygens (including phenoxy) is 1. The molecule has 0 spiro atoms. The topological polar surface area (TPSA) is 60.2 Å². The molecule has 2 rings (SSSR count). The molecule has 0 radical (unpaired) electrons. The number of methoxy groups -OCH3 is 1. The Morgan fingerprint density at radius 3 is 2.55 bits per heavy atom. The summed E-state index contributed by atoms with van der Waals surface area (Å²) in [6, 6.07) is 7.51. The monoisotopic (exact) mass is 291 g/mol. The van der Waals surface area contributed by atoms with Crippen molar-refractivity contribution in [2.24, 2.45) is 5.84 Å². The van der Waals surface area contributed by atoms with E-state index in [2.05, 4.69) is 23.4 Å². The summed E-state index contributed by atoms with van der Waals surface area (Å²) in [7, 11) is 1.67.